The molecule has 0 heterocycles. The molecule has 1 aliphatic carbocycles. The number of allylic oxidation sites excluding steroid dienone is 3. The fourth-order valence-corrected chi connectivity index (χ4v) is 4.16. The van der Waals surface area contributed by atoms with Crippen LogP contribution in [0.4, 0.5) is 5.69 Å². The second-order valence-electron chi connectivity index (χ2n) is 7.16. The number of nitrogens with zero attached hydrogens (tertiary/aromatic N) is 1. The van der Waals surface area contributed by atoms with Crippen molar-refractivity contribution in [3.63, 3.8) is 0 Å². The fraction of sp³-hybridized carbons (Fsp3) is 0.227. The Balaban J connectivity index is 2.12. The number of carbonyl (C=O) groups is 1. The maximum absolute atomic E-state index is 11.7. The zero-order valence-electron chi connectivity index (χ0n) is 16.3. The molecule has 0 aliphatic heterocycles. The van der Waals surface area contributed by atoms with Crippen molar-refractivity contribution in [2.75, 3.05) is 25.3 Å². The number of hydrogen-bond acceptors (Lipinski definition) is 4. The normalized spacial score (nSPS) is 15.1. The summed E-state index contributed by atoms with van der Waals surface area (Å²) in [6.07, 6.45) is 3.38. The van der Waals surface area contributed by atoms with Gasteiger partial charge in [-0.25, -0.2) is 8.42 Å². The lowest BCUT2D eigenvalue weighted by atomic mass is 10.00. The Morgan fingerprint density at radius 3 is 2.25 bits per heavy atom. The highest BCUT2D eigenvalue weighted by Gasteiger charge is 2.25. The molecule has 1 aliphatic rings. The van der Waals surface area contributed by atoms with Crippen LogP contribution in [-0.2, 0) is 14.6 Å². The monoisotopic (exact) mass is 415 g/mol. The Kier molecular flexibility index (Phi) is 5.50. The summed E-state index contributed by atoms with van der Waals surface area (Å²) in [6, 6.07) is 12.9. The lowest BCUT2D eigenvalue weighted by Gasteiger charge is -2.15. The Bertz CT molecular complexity index is 1110. The third-order valence-corrected chi connectivity index (χ3v) is 6.19. The molecule has 3 rings (SSSR count). The van der Waals surface area contributed by atoms with Crippen LogP contribution in [0.3, 0.4) is 0 Å². The van der Waals surface area contributed by atoms with Crippen molar-refractivity contribution < 1.29 is 13.2 Å². The summed E-state index contributed by atoms with van der Waals surface area (Å²) in [5.74, 6) is 0. The maximum Gasteiger partial charge on any atom is 0.226 e. The molecule has 0 spiro atoms. The van der Waals surface area contributed by atoms with E-state index < -0.39 is 15.1 Å². The van der Waals surface area contributed by atoms with E-state index in [0.717, 1.165) is 39.1 Å². The highest BCUT2D eigenvalue weighted by Crippen LogP contribution is 2.45. The van der Waals surface area contributed by atoms with Gasteiger partial charge in [-0.15, -0.1) is 0 Å². The minimum Gasteiger partial charge on any atom is -0.378 e. The molecule has 28 heavy (non-hydrogen) atoms. The van der Waals surface area contributed by atoms with E-state index in [4.69, 9.17) is 11.6 Å². The van der Waals surface area contributed by atoms with Crippen molar-refractivity contribution in [3.8, 4) is 0 Å². The van der Waals surface area contributed by atoms with Crippen molar-refractivity contribution in [1.29, 1.82) is 0 Å². The molecule has 0 saturated heterocycles. The van der Waals surface area contributed by atoms with Crippen molar-refractivity contribution >= 4 is 49.6 Å². The standard InChI is InChI=1S/C22H22ClNO3S/c1-14-19(11-15-5-8-17(9-6-15)28(4,26)27)18-10-7-16(24(2)3)12-21(18)20(14)13-22(23)25/h5-12H,13H2,1-4H3. The number of halogens is 1. The predicted molar refractivity (Wildman–Crippen MR) is 116 cm³/mol. The minimum absolute atomic E-state index is 0.168. The van der Waals surface area contributed by atoms with Gasteiger partial charge in [-0.3, -0.25) is 4.79 Å². The molecule has 4 nitrogen and oxygen atoms in total. The summed E-state index contributed by atoms with van der Waals surface area (Å²) in [7, 11) is 0.716. The average molecular weight is 416 g/mol. The van der Waals surface area contributed by atoms with Crippen LogP contribution in [0.5, 0.6) is 0 Å². The van der Waals surface area contributed by atoms with E-state index in [1.807, 2.05) is 38.1 Å². The quantitative estimate of drug-likeness (QED) is 0.667. The van der Waals surface area contributed by atoms with Crippen molar-refractivity contribution in [1.82, 2.24) is 0 Å². The highest BCUT2D eigenvalue weighted by molar-refractivity contribution is 7.90. The van der Waals surface area contributed by atoms with Crippen LogP contribution in [-0.4, -0.2) is 34.0 Å². The predicted octanol–water partition coefficient (Wildman–Crippen LogP) is 4.64. The van der Waals surface area contributed by atoms with Crippen LogP contribution < -0.4 is 4.90 Å². The van der Waals surface area contributed by atoms with Crippen molar-refractivity contribution in [3.05, 3.63) is 64.7 Å². The number of sulfone groups is 1. The number of anilines is 1. The molecule has 2 aromatic carbocycles. The number of carbonyl (C=O) groups excluding carboxylic acids is 1. The second-order valence-corrected chi connectivity index (χ2v) is 9.60. The molecule has 0 radical (unpaired) electrons. The van der Waals surface area contributed by atoms with Gasteiger partial charge in [0.05, 0.1) is 4.90 Å². The molecule has 0 unspecified atom stereocenters. The van der Waals surface area contributed by atoms with Gasteiger partial charge in [0.1, 0.15) is 0 Å². The summed E-state index contributed by atoms with van der Waals surface area (Å²) >= 11 is 5.70. The van der Waals surface area contributed by atoms with Gasteiger partial charge in [-0.1, -0.05) is 18.2 Å². The van der Waals surface area contributed by atoms with Gasteiger partial charge in [-0.2, -0.15) is 0 Å². The SMILES string of the molecule is CC1=C(CC(=O)Cl)c2cc(N(C)C)ccc2C1=Cc1ccc(S(C)(=O)=O)cc1. The van der Waals surface area contributed by atoms with E-state index in [1.165, 1.54) is 6.26 Å². The van der Waals surface area contributed by atoms with Crippen LogP contribution in [0.15, 0.2) is 52.9 Å². The van der Waals surface area contributed by atoms with Gasteiger partial charge in [0.25, 0.3) is 0 Å². The number of fused-ring (bicyclic) bond motifs is 1. The zero-order chi connectivity index (χ0) is 20.6. The zero-order valence-corrected chi connectivity index (χ0v) is 17.9. The molecule has 0 aromatic heterocycles. The van der Waals surface area contributed by atoms with E-state index in [9.17, 15) is 13.2 Å². The van der Waals surface area contributed by atoms with Crippen LogP contribution in [0.25, 0.3) is 17.2 Å². The molecule has 0 bridgehead atoms. The lowest BCUT2D eigenvalue weighted by molar-refractivity contribution is -0.110. The molecule has 146 valence electrons. The van der Waals surface area contributed by atoms with E-state index >= 15 is 0 Å². The van der Waals surface area contributed by atoms with Gasteiger partial charge < -0.3 is 4.90 Å². The smallest absolute Gasteiger partial charge is 0.226 e. The van der Waals surface area contributed by atoms with E-state index in [-0.39, 0.29) is 11.3 Å². The first-order valence-electron chi connectivity index (χ1n) is 8.80. The van der Waals surface area contributed by atoms with Crippen LogP contribution in [0.2, 0.25) is 0 Å². The van der Waals surface area contributed by atoms with Crippen LogP contribution in [0, 0.1) is 0 Å². The Labute approximate surface area is 171 Å². The first-order valence-corrected chi connectivity index (χ1v) is 11.1. The summed E-state index contributed by atoms with van der Waals surface area (Å²) in [5.41, 5.74) is 6.94. The third-order valence-electron chi connectivity index (χ3n) is 4.93. The van der Waals surface area contributed by atoms with Crippen molar-refractivity contribution in [2.45, 2.75) is 18.2 Å². The van der Waals surface area contributed by atoms with Gasteiger partial charge in [-0.05, 0) is 82.3 Å². The van der Waals surface area contributed by atoms with Crippen molar-refractivity contribution in [2.24, 2.45) is 0 Å². The van der Waals surface area contributed by atoms with Crippen LogP contribution in [0.1, 0.15) is 30.0 Å². The molecular weight excluding hydrogens is 394 g/mol. The largest absolute Gasteiger partial charge is 0.378 e. The van der Waals surface area contributed by atoms with E-state index in [2.05, 4.69) is 12.1 Å². The first-order chi connectivity index (χ1) is 13.1. The Morgan fingerprint density at radius 1 is 1.07 bits per heavy atom. The molecule has 0 N–H and O–H groups in total. The fourth-order valence-electron chi connectivity index (χ4n) is 3.39. The van der Waals surface area contributed by atoms with E-state index in [1.54, 1.807) is 24.3 Å². The first kappa shape index (κ1) is 20.4. The second kappa shape index (κ2) is 7.57. The lowest BCUT2D eigenvalue weighted by Crippen LogP contribution is -2.08. The summed E-state index contributed by atoms with van der Waals surface area (Å²) < 4.78 is 23.3. The topological polar surface area (TPSA) is 54.5 Å². The molecular formula is C22H22ClNO3S. The summed E-state index contributed by atoms with van der Waals surface area (Å²) in [4.78, 5) is 13.9. The molecule has 2 aromatic rings. The Morgan fingerprint density at radius 2 is 1.71 bits per heavy atom. The van der Waals surface area contributed by atoms with Gasteiger partial charge >= 0.3 is 0 Å². The highest BCUT2D eigenvalue weighted by atomic mass is 35.5. The molecule has 0 atom stereocenters. The maximum atomic E-state index is 11.7. The number of benzene rings is 2. The summed E-state index contributed by atoms with van der Waals surface area (Å²) in [6.45, 7) is 1.99. The van der Waals surface area contributed by atoms with Gasteiger partial charge in [0, 0.05) is 32.5 Å². The summed E-state index contributed by atoms with van der Waals surface area (Å²) in [5, 5.41) is -0.394. The van der Waals surface area contributed by atoms with Crippen LogP contribution >= 0.6 is 11.6 Å². The Hall–Kier alpha value is -2.37. The van der Waals surface area contributed by atoms with Gasteiger partial charge in [0.15, 0.2) is 9.84 Å². The molecule has 6 heteroatoms. The molecule has 0 saturated carbocycles. The number of rotatable bonds is 5. The molecule has 0 amide bonds. The van der Waals surface area contributed by atoms with E-state index in [0.29, 0.717) is 0 Å². The average Bonchev–Trinajstić information content (AvgIpc) is 2.86. The minimum atomic E-state index is -3.23. The third kappa shape index (κ3) is 4.05. The van der Waals surface area contributed by atoms with Gasteiger partial charge in [0.2, 0.25) is 5.24 Å². The number of hydrogen-bond donors (Lipinski definition) is 0. The molecule has 0 fully saturated rings.